The van der Waals surface area contributed by atoms with Crippen molar-refractivity contribution in [2.75, 3.05) is 11.8 Å². The summed E-state index contributed by atoms with van der Waals surface area (Å²) in [6, 6.07) is 11.8. The van der Waals surface area contributed by atoms with E-state index in [1.165, 1.54) is 12.1 Å². The Kier molecular flexibility index (Phi) is 5.79. The van der Waals surface area contributed by atoms with Gasteiger partial charge in [-0.2, -0.15) is 0 Å². The molecule has 0 aliphatic heterocycles. The highest BCUT2D eigenvalue weighted by Crippen LogP contribution is 2.33. The van der Waals surface area contributed by atoms with E-state index in [9.17, 15) is 4.39 Å². The smallest absolute Gasteiger partial charge is 0.123 e. The summed E-state index contributed by atoms with van der Waals surface area (Å²) < 4.78 is 13.5. The van der Waals surface area contributed by atoms with Gasteiger partial charge < -0.3 is 0 Å². The van der Waals surface area contributed by atoms with Crippen LogP contribution >= 0.6 is 46.4 Å². The Hall–Kier alpha value is -0.470. The largest absolute Gasteiger partial charge is 0.207 e. The monoisotopic (exact) mass is 364 g/mol. The molecule has 0 spiro atoms. The van der Waals surface area contributed by atoms with E-state index in [0.717, 1.165) is 11.1 Å². The Morgan fingerprint density at radius 2 is 1.62 bits per heavy atom. The number of rotatable bonds is 5. The van der Waals surface area contributed by atoms with Crippen molar-refractivity contribution in [3.05, 3.63) is 69.5 Å². The highest BCUT2D eigenvalue weighted by molar-refractivity contribution is 6.42. The summed E-state index contributed by atoms with van der Waals surface area (Å²) in [5.74, 6) is 0.252. The summed E-state index contributed by atoms with van der Waals surface area (Å²) in [6.45, 7) is 0. The molecule has 0 saturated carbocycles. The molecule has 0 bridgehead atoms. The minimum absolute atomic E-state index is 0.278. The highest BCUT2D eigenvalue weighted by Gasteiger charge is 2.31. The van der Waals surface area contributed by atoms with Crippen LogP contribution in [0.25, 0.3) is 0 Å². The van der Waals surface area contributed by atoms with Crippen LogP contribution in [0.5, 0.6) is 0 Å². The summed E-state index contributed by atoms with van der Waals surface area (Å²) in [4.78, 5) is 0. The van der Waals surface area contributed by atoms with Crippen molar-refractivity contribution in [1.82, 2.24) is 0 Å². The molecule has 0 aromatic heterocycles. The maximum Gasteiger partial charge on any atom is 0.123 e. The van der Waals surface area contributed by atoms with Crippen molar-refractivity contribution in [2.24, 2.45) is 0 Å². The van der Waals surface area contributed by atoms with E-state index in [4.69, 9.17) is 46.4 Å². The Balaban J connectivity index is 2.40. The van der Waals surface area contributed by atoms with Gasteiger partial charge in [0.05, 0.1) is 10.0 Å². The van der Waals surface area contributed by atoms with Crippen LogP contribution in [0.3, 0.4) is 0 Å². The third-order valence-electron chi connectivity index (χ3n) is 3.48. The second-order valence-corrected chi connectivity index (χ2v) is 6.33. The quantitative estimate of drug-likeness (QED) is 0.562. The summed E-state index contributed by atoms with van der Waals surface area (Å²) in [5.41, 5.74) is 1.18. The maximum absolute atomic E-state index is 13.5. The van der Waals surface area contributed by atoms with Crippen molar-refractivity contribution in [3.8, 4) is 0 Å². The lowest BCUT2D eigenvalue weighted by Crippen LogP contribution is -2.33. The Labute approximate surface area is 143 Å². The summed E-state index contributed by atoms with van der Waals surface area (Å²) >= 11 is 24.3. The van der Waals surface area contributed by atoms with Gasteiger partial charge in [-0.25, -0.2) is 4.39 Å². The molecule has 0 radical (unpaired) electrons. The third-order valence-corrected chi connectivity index (χ3v) is 5.24. The van der Waals surface area contributed by atoms with Gasteiger partial charge in [-0.3, -0.25) is 0 Å². The van der Waals surface area contributed by atoms with Crippen LogP contribution in [0.1, 0.15) is 11.1 Å². The molecule has 0 fully saturated rings. The summed E-state index contributed by atoms with van der Waals surface area (Å²) in [7, 11) is 0. The molecule has 0 aliphatic carbocycles. The first kappa shape index (κ1) is 16.9. The summed E-state index contributed by atoms with van der Waals surface area (Å²) in [5, 5.41) is 0.972. The molecule has 0 nitrogen and oxygen atoms in total. The molecule has 0 aliphatic rings. The molecule has 2 aromatic rings. The molecule has 5 heteroatoms. The summed E-state index contributed by atoms with van der Waals surface area (Å²) in [6.07, 6.45) is 0.556. The fraction of sp³-hybridized carbons (Fsp3) is 0.250. The van der Waals surface area contributed by atoms with Crippen LogP contribution in [0.4, 0.5) is 4.39 Å². The van der Waals surface area contributed by atoms with E-state index < -0.39 is 5.41 Å². The van der Waals surface area contributed by atoms with Crippen LogP contribution in [-0.4, -0.2) is 11.8 Å². The predicted octanol–water partition coefficient (Wildman–Crippen LogP) is 6.09. The molecular formula is C16H13Cl4F. The molecule has 112 valence electrons. The third kappa shape index (κ3) is 3.84. The number of hydrogen-bond acceptors (Lipinski definition) is 0. The van der Waals surface area contributed by atoms with E-state index in [-0.39, 0.29) is 17.6 Å². The van der Waals surface area contributed by atoms with E-state index in [1.807, 2.05) is 12.1 Å². The number of halogens is 5. The molecule has 2 rings (SSSR count). The highest BCUT2D eigenvalue weighted by atomic mass is 35.5. The molecule has 21 heavy (non-hydrogen) atoms. The lowest BCUT2D eigenvalue weighted by molar-refractivity contribution is 0.528. The lowest BCUT2D eigenvalue weighted by Gasteiger charge is -2.30. The minimum Gasteiger partial charge on any atom is -0.207 e. The Morgan fingerprint density at radius 1 is 0.905 bits per heavy atom. The lowest BCUT2D eigenvalue weighted by atomic mass is 9.78. The van der Waals surface area contributed by atoms with Gasteiger partial charge in [0.15, 0.2) is 0 Å². The topological polar surface area (TPSA) is 0 Å². The first-order chi connectivity index (χ1) is 10.0. The zero-order valence-electron chi connectivity index (χ0n) is 11.1. The molecule has 0 N–H and O–H groups in total. The molecular weight excluding hydrogens is 353 g/mol. The van der Waals surface area contributed by atoms with Gasteiger partial charge in [0.2, 0.25) is 0 Å². The van der Waals surface area contributed by atoms with Crippen LogP contribution < -0.4 is 0 Å². The van der Waals surface area contributed by atoms with Crippen molar-refractivity contribution >= 4 is 46.4 Å². The van der Waals surface area contributed by atoms with E-state index >= 15 is 0 Å². The SMILES string of the molecule is Fc1cccc(C(CCl)(CCl)Cc2ccc(Cl)c(Cl)c2)c1. The zero-order valence-corrected chi connectivity index (χ0v) is 14.1. The van der Waals surface area contributed by atoms with Crippen molar-refractivity contribution in [3.63, 3.8) is 0 Å². The molecule has 0 saturated heterocycles. The van der Waals surface area contributed by atoms with Gasteiger partial charge in [0, 0.05) is 17.2 Å². The second-order valence-electron chi connectivity index (χ2n) is 4.98. The van der Waals surface area contributed by atoms with Gasteiger partial charge in [-0.15, -0.1) is 23.2 Å². The number of alkyl halides is 2. The molecule has 0 atom stereocenters. The van der Waals surface area contributed by atoms with Crippen LogP contribution in [0.15, 0.2) is 42.5 Å². The van der Waals surface area contributed by atoms with Gasteiger partial charge in [-0.05, 0) is 41.8 Å². The van der Waals surface area contributed by atoms with Crippen molar-refractivity contribution in [2.45, 2.75) is 11.8 Å². The maximum atomic E-state index is 13.5. The second kappa shape index (κ2) is 7.19. The van der Waals surface area contributed by atoms with Gasteiger partial charge in [0.1, 0.15) is 5.82 Å². The average molecular weight is 366 g/mol. The first-order valence-electron chi connectivity index (χ1n) is 6.33. The number of benzene rings is 2. The normalized spacial score (nSPS) is 11.7. The number of hydrogen-bond donors (Lipinski definition) is 0. The fourth-order valence-electron chi connectivity index (χ4n) is 2.25. The molecule has 0 heterocycles. The Bertz CT molecular complexity index is 623. The zero-order chi connectivity index (χ0) is 15.5. The van der Waals surface area contributed by atoms with Gasteiger partial charge >= 0.3 is 0 Å². The molecule has 0 amide bonds. The van der Waals surface area contributed by atoms with Crippen LogP contribution in [0, 0.1) is 5.82 Å². The molecule has 2 aromatic carbocycles. The molecule has 0 unspecified atom stereocenters. The van der Waals surface area contributed by atoms with E-state index in [2.05, 4.69) is 0 Å². The van der Waals surface area contributed by atoms with E-state index in [0.29, 0.717) is 16.5 Å². The predicted molar refractivity (Wildman–Crippen MR) is 89.7 cm³/mol. The standard InChI is InChI=1S/C16H13Cl4F/c17-9-16(10-18,12-2-1-3-13(21)7-12)8-11-4-5-14(19)15(20)6-11/h1-7H,8-10H2. The fourth-order valence-corrected chi connectivity index (χ4v) is 3.35. The first-order valence-corrected chi connectivity index (χ1v) is 8.15. The Morgan fingerprint density at radius 3 is 2.19 bits per heavy atom. The minimum atomic E-state index is -0.553. The van der Waals surface area contributed by atoms with Crippen LogP contribution in [0.2, 0.25) is 10.0 Å². The average Bonchev–Trinajstić information content (AvgIpc) is 2.48. The van der Waals surface area contributed by atoms with Crippen LogP contribution in [-0.2, 0) is 11.8 Å². The van der Waals surface area contributed by atoms with E-state index in [1.54, 1.807) is 18.2 Å². The van der Waals surface area contributed by atoms with Gasteiger partial charge in [0.25, 0.3) is 0 Å². The van der Waals surface area contributed by atoms with Crippen molar-refractivity contribution < 1.29 is 4.39 Å². The van der Waals surface area contributed by atoms with Gasteiger partial charge in [-0.1, -0.05) is 41.4 Å². The van der Waals surface area contributed by atoms with Crippen molar-refractivity contribution in [1.29, 1.82) is 0 Å².